The number of hydrogen-bond acceptors (Lipinski definition) is 9. The molecule has 0 aliphatic rings. The molecule has 0 saturated carbocycles. The number of aliphatic hydroxyl groups is 1. The number of carboxylic acids is 2. The van der Waals surface area contributed by atoms with Crippen LogP contribution < -0.4 is 21.7 Å². The van der Waals surface area contributed by atoms with Crippen molar-refractivity contribution in [2.45, 2.75) is 37.0 Å². The van der Waals surface area contributed by atoms with Gasteiger partial charge in [-0.05, 0) is 24.1 Å². The molecule has 1 aromatic carbocycles. The molecule has 14 heteroatoms. The number of benzene rings is 1. The van der Waals surface area contributed by atoms with Crippen LogP contribution in [-0.4, -0.2) is 86.6 Å². The average Bonchev–Trinajstić information content (AvgIpc) is 2.75. The number of amides is 3. The van der Waals surface area contributed by atoms with Gasteiger partial charge in [-0.3, -0.25) is 19.2 Å². The van der Waals surface area contributed by atoms with Gasteiger partial charge in [0.25, 0.3) is 0 Å². The molecule has 0 aliphatic carbocycles. The number of nitrogens with two attached hydrogens (primary N) is 1. The molecule has 0 saturated heterocycles. The molecule has 13 nitrogen and oxygen atoms in total. The average molecular weight is 487 g/mol. The monoisotopic (exact) mass is 486 g/mol. The fraction of sp³-hybridized carbons (Fsp3) is 0.421. The zero-order valence-electron chi connectivity index (χ0n) is 17.3. The fourth-order valence-electron chi connectivity index (χ4n) is 2.56. The Morgan fingerprint density at radius 1 is 0.879 bits per heavy atom. The summed E-state index contributed by atoms with van der Waals surface area (Å²) in [6, 6.07) is 0.314. The summed E-state index contributed by atoms with van der Waals surface area (Å²) in [7, 11) is 0. The molecule has 0 aromatic heterocycles. The molecule has 4 unspecified atom stereocenters. The first-order chi connectivity index (χ1) is 15.5. The van der Waals surface area contributed by atoms with Gasteiger partial charge >= 0.3 is 11.9 Å². The summed E-state index contributed by atoms with van der Waals surface area (Å²) >= 11 is 3.98. The SMILES string of the molecule is NC(Cc1ccc(O)cc1)C(=O)NC(CS)C(=O)NC(CO)C(=O)NC(CC(=O)O)C(=O)O. The minimum absolute atomic E-state index is 0.0451. The van der Waals surface area contributed by atoms with Gasteiger partial charge in [0, 0.05) is 5.75 Å². The van der Waals surface area contributed by atoms with Crippen LogP contribution in [0.3, 0.4) is 0 Å². The van der Waals surface area contributed by atoms with E-state index in [9.17, 15) is 34.2 Å². The molecule has 9 N–H and O–H groups in total. The topological polar surface area (TPSA) is 228 Å². The quantitative estimate of drug-likeness (QED) is 0.130. The van der Waals surface area contributed by atoms with Gasteiger partial charge in [-0.25, -0.2) is 4.79 Å². The standard InChI is InChI=1S/C19H26N4O9S/c20-11(5-9-1-3-10(25)4-2-9)16(28)23-14(8-33)18(30)22-13(7-24)17(29)21-12(19(31)32)6-15(26)27/h1-4,11-14,24-25,33H,5-8,20H2,(H,21,29)(H,22,30)(H,23,28)(H,26,27)(H,31,32). The maximum Gasteiger partial charge on any atom is 0.326 e. The lowest BCUT2D eigenvalue weighted by molar-refractivity contribution is -0.147. The summed E-state index contributed by atoms with van der Waals surface area (Å²) in [6.45, 7) is -0.926. The summed E-state index contributed by atoms with van der Waals surface area (Å²) < 4.78 is 0. The molecular weight excluding hydrogens is 460 g/mol. The second kappa shape index (κ2) is 13.2. The predicted molar refractivity (Wildman–Crippen MR) is 116 cm³/mol. The summed E-state index contributed by atoms with van der Waals surface area (Å²) in [6.07, 6.45) is -0.809. The van der Waals surface area contributed by atoms with Crippen LogP contribution in [-0.2, 0) is 30.4 Å². The highest BCUT2D eigenvalue weighted by molar-refractivity contribution is 7.80. The molecule has 0 heterocycles. The van der Waals surface area contributed by atoms with Gasteiger partial charge in [-0.1, -0.05) is 12.1 Å². The van der Waals surface area contributed by atoms with Gasteiger partial charge in [0.15, 0.2) is 0 Å². The smallest absolute Gasteiger partial charge is 0.326 e. The van der Waals surface area contributed by atoms with E-state index in [1.54, 1.807) is 12.1 Å². The molecule has 0 bridgehead atoms. The third-order valence-corrected chi connectivity index (χ3v) is 4.72. The van der Waals surface area contributed by atoms with Gasteiger partial charge in [-0.15, -0.1) is 0 Å². The lowest BCUT2D eigenvalue weighted by Crippen LogP contribution is -2.58. The maximum absolute atomic E-state index is 12.5. The molecule has 4 atom stereocenters. The van der Waals surface area contributed by atoms with E-state index in [4.69, 9.17) is 15.9 Å². The van der Waals surface area contributed by atoms with Crippen molar-refractivity contribution < 1.29 is 44.4 Å². The van der Waals surface area contributed by atoms with Crippen LogP contribution in [0.5, 0.6) is 5.75 Å². The van der Waals surface area contributed by atoms with Gasteiger partial charge in [0.05, 0.1) is 19.1 Å². The number of thiol groups is 1. The Balaban J connectivity index is 2.72. The Morgan fingerprint density at radius 2 is 1.39 bits per heavy atom. The van der Waals surface area contributed by atoms with Crippen molar-refractivity contribution >= 4 is 42.3 Å². The number of aliphatic carboxylic acids is 2. The second-order valence-corrected chi connectivity index (χ2v) is 7.33. The van der Waals surface area contributed by atoms with E-state index in [1.807, 2.05) is 5.32 Å². The van der Waals surface area contributed by atoms with E-state index in [0.717, 1.165) is 0 Å². The molecule has 0 fully saturated rings. The molecule has 0 aliphatic heterocycles. The van der Waals surface area contributed by atoms with Crippen molar-refractivity contribution in [3.63, 3.8) is 0 Å². The molecule has 0 spiro atoms. The van der Waals surface area contributed by atoms with Crippen LogP contribution in [0.15, 0.2) is 24.3 Å². The Hall–Kier alpha value is -3.36. The number of aliphatic hydroxyl groups excluding tert-OH is 1. The second-order valence-electron chi connectivity index (χ2n) is 6.96. The van der Waals surface area contributed by atoms with E-state index in [2.05, 4.69) is 23.3 Å². The zero-order valence-corrected chi connectivity index (χ0v) is 18.2. The van der Waals surface area contributed by atoms with E-state index in [-0.39, 0.29) is 17.9 Å². The third-order valence-electron chi connectivity index (χ3n) is 4.35. The summed E-state index contributed by atoms with van der Waals surface area (Å²) in [5.74, 6) is -5.98. The van der Waals surface area contributed by atoms with Crippen molar-refractivity contribution in [2.24, 2.45) is 5.73 Å². The maximum atomic E-state index is 12.5. The van der Waals surface area contributed by atoms with Crippen LogP contribution >= 0.6 is 12.6 Å². The predicted octanol–water partition coefficient (Wildman–Crippen LogP) is -2.80. The summed E-state index contributed by atoms with van der Waals surface area (Å²) in [5, 5.41) is 42.8. The normalized spacial score (nSPS) is 14.3. The highest BCUT2D eigenvalue weighted by atomic mass is 32.1. The molecular formula is C19H26N4O9S. The first kappa shape index (κ1) is 27.7. The number of phenolic OH excluding ortho intramolecular Hbond substituents is 1. The number of carbonyl (C=O) groups is 5. The zero-order chi connectivity index (χ0) is 25.1. The number of nitrogens with one attached hydrogen (secondary N) is 3. The third kappa shape index (κ3) is 9.34. The van der Waals surface area contributed by atoms with Gasteiger partial charge in [-0.2, -0.15) is 12.6 Å². The lowest BCUT2D eigenvalue weighted by atomic mass is 10.1. The Morgan fingerprint density at radius 3 is 1.88 bits per heavy atom. The molecule has 3 amide bonds. The molecule has 1 aromatic rings. The van der Waals surface area contributed by atoms with Gasteiger partial charge in [0.2, 0.25) is 17.7 Å². The van der Waals surface area contributed by atoms with E-state index in [0.29, 0.717) is 5.56 Å². The number of phenols is 1. The summed E-state index contributed by atoms with van der Waals surface area (Å²) in [4.78, 5) is 58.8. The Kier molecular flexibility index (Phi) is 11.1. The first-order valence-corrected chi connectivity index (χ1v) is 10.2. The molecule has 182 valence electrons. The van der Waals surface area contributed by atoms with Crippen LogP contribution in [0, 0.1) is 0 Å². The van der Waals surface area contributed by atoms with Crippen LogP contribution in [0.4, 0.5) is 0 Å². The molecule has 0 radical (unpaired) electrons. The van der Waals surface area contributed by atoms with E-state index in [1.165, 1.54) is 12.1 Å². The minimum atomic E-state index is -1.78. The van der Waals surface area contributed by atoms with Gasteiger partial charge in [0.1, 0.15) is 23.9 Å². The highest BCUT2D eigenvalue weighted by Gasteiger charge is 2.30. The number of aromatic hydroxyl groups is 1. The number of carbonyl (C=O) groups excluding carboxylic acids is 3. The Labute approximate surface area is 193 Å². The highest BCUT2D eigenvalue weighted by Crippen LogP contribution is 2.11. The van der Waals surface area contributed by atoms with Crippen molar-refractivity contribution in [1.29, 1.82) is 0 Å². The van der Waals surface area contributed by atoms with Crippen molar-refractivity contribution in [2.75, 3.05) is 12.4 Å². The van der Waals surface area contributed by atoms with Crippen molar-refractivity contribution in [3.8, 4) is 5.75 Å². The lowest BCUT2D eigenvalue weighted by Gasteiger charge is -2.23. The minimum Gasteiger partial charge on any atom is -0.508 e. The summed E-state index contributed by atoms with van der Waals surface area (Å²) in [5.41, 5.74) is 6.51. The van der Waals surface area contributed by atoms with Crippen LogP contribution in [0.2, 0.25) is 0 Å². The van der Waals surface area contributed by atoms with Crippen molar-refractivity contribution in [1.82, 2.24) is 16.0 Å². The number of rotatable bonds is 13. The van der Waals surface area contributed by atoms with E-state index >= 15 is 0 Å². The first-order valence-electron chi connectivity index (χ1n) is 9.59. The fourth-order valence-corrected chi connectivity index (χ4v) is 2.82. The number of carboxylic acid groups (broad SMARTS) is 2. The van der Waals surface area contributed by atoms with Crippen LogP contribution in [0.25, 0.3) is 0 Å². The Bertz CT molecular complexity index is 865. The van der Waals surface area contributed by atoms with Gasteiger partial charge < -0.3 is 42.1 Å². The van der Waals surface area contributed by atoms with E-state index < -0.39 is 66.9 Å². The molecule has 33 heavy (non-hydrogen) atoms. The van der Waals surface area contributed by atoms with Crippen LogP contribution in [0.1, 0.15) is 12.0 Å². The van der Waals surface area contributed by atoms with Crippen molar-refractivity contribution in [3.05, 3.63) is 29.8 Å². The molecule has 1 rings (SSSR count). The number of hydrogen-bond donors (Lipinski definition) is 9. The largest absolute Gasteiger partial charge is 0.508 e.